The van der Waals surface area contributed by atoms with Crippen molar-refractivity contribution in [2.45, 2.75) is 24.1 Å². The van der Waals surface area contributed by atoms with Crippen molar-refractivity contribution in [3.8, 4) is 0 Å². The first kappa shape index (κ1) is 15.9. The number of hydrogen-bond donors (Lipinski definition) is 2. The summed E-state index contributed by atoms with van der Waals surface area (Å²) in [5.74, 6) is 0.258. The average Bonchev–Trinajstić information content (AvgIpc) is 3.22. The molecule has 0 aliphatic heterocycles. The summed E-state index contributed by atoms with van der Waals surface area (Å²) in [6.45, 7) is 0.922. The topological polar surface area (TPSA) is 59.0 Å². The Morgan fingerprint density at radius 2 is 2.17 bits per heavy atom. The van der Waals surface area contributed by atoms with E-state index in [-0.39, 0.29) is 23.1 Å². The summed E-state index contributed by atoms with van der Waals surface area (Å²) in [4.78, 5) is 12.0. The molecule has 7 heteroatoms. The summed E-state index contributed by atoms with van der Waals surface area (Å²) in [5, 5.41) is 9.81. The molecule has 1 aromatic carbocycles. The van der Waals surface area contributed by atoms with Gasteiger partial charge in [-0.1, -0.05) is 18.2 Å². The standard InChI is InChI=1S/C16H19FN4OS/c1-23-16(7-8-16)11-18-15(22)20-14-6-9-19-21(14)10-12-4-2-3-5-13(12)17/h2-6,9H,7-8,10-11H2,1H3,(H2,18,20,22). The number of thioether (sulfide) groups is 1. The van der Waals surface area contributed by atoms with Crippen LogP contribution in [0, 0.1) is 5.82 Å². The lowest BCUT2D eigenvalue weighted by Gasteiger charge is -2.14. The molecule has 2 amide bonds. The van der Waals surface area contributed by atoms with Gasteiger partial charge in [-0.15, -0.1) is 0 Å². The Hall–Kier alpha value is -2.02. The molecule has 0 saturated heterocycles. The summed E-state index contributed by atoms with van der Waals surface area (Å²) in [5.41, 5.74) is 0.527. The Kier molecular flexibility index (Phi) is 4.56. The molecule has 3 rings (SSSR count). The van der Waals surface area contributed by atoms with Crippen molar-refractivity contribution in [1.29, 1.82) is 0 Å². The van der Waals surface area contributed by atoms with Crippen LogP contribution in [0.1, 0.15) is 18.4 Å². The van der Waals surface area contributed by atoms with Crippen molar-refractivity contribution in [2.75, 3.05) is 18.1 Å². The van der Waals surface area contributed by atoms with E-state index in [1.54, 1.807) is 46.9 Å². The van der Waals surface area contributed by atoms with Gasteiger partial charge < -0.3 is 5.32 Å². The first-order chi connectivity index (χ1) is 11.1. The molecule has 0 spiro atoms. The smallest absolute Gasteiger partial charge is 0.320 e. The number of nitrogens with zero attached hydrogens (tertiary/aromatic N) is 2. The maximum Gasteiger partial charge on any atom is 0.320 e. The van der Waals surface area contributed by atoms with Crippen LogP contribution < -0.4 is 10.6 Å². The second kappa shape index (κ2) is 6.62. The molecule has 122 valence electrons. The second-order valence-corrected chi connectivity index (χ2v) is 6.93. The van der Waals surface area contributed by atoms with E-state index in [9.17, 15) is 9.18 Å². The molecule has 1 aliphatic carbocycles. The number of anilines is 1. The van der Waals surface area contributed by atoms with Crippen LogP contribution in [0.4, 0.5) is 15.0 Å². The Labute approximate surface area is 138 Å². The van der Waals surface area contributed by atoms with E-state index in [2.05, 4.69) is 22.0 Å². The number of urea groups is 1. The van der Waals surface area contributed by atoms with Crippen molar-refractivity contribution in [1.82, 2.24) is 15.1 Å². The van der Waals surface area contributed by atoms with Gasteiger partial charge in [0.05, 0.1) is 12.7 Å². The third-order valence-electron chi connectivity index (χ3n) is 4.05. The van der Waals surface area contributed by atoms with Crippen molar-refractivity contribution in [2.24, 2.45) is 0 Å². The molecule has 5 nitrogen and oxygen atoms in total. The highest BCUT2D eigenvalue weighted by Gasteiger charge is 2.41. The van der Waals surface area contributed by atoms with Gasteiger partial charge in [0.25, 0.3) is 0 Å². The summed E-state index contributed by atoms with van der Waals surface area (Å²) in [7, 11) is 0. The van der Waals surface area contributed by atoms with Gasteiger partial charge >= 0.3 is 6.03 Å². The van der Waals surface area contributed by atoms with Crippen LogP contribution in [0.15, 0.2) is 36.5 Å². The Morgan fingerprint density at radius 3 is 2.87 bits per heavy atom. The van der Waals surface area contributed by atoms with Crippen molar-refractivity contribution in [3.05, 3.63) is 47.9 Å². The molecule has 1 heterocycles. The molecule has 1 fully saturated rings. The molecule has 0 bridgehead atoms. The van der Waals surface area contributed by atoms with Crippen molar-refractivity contribution < 1.29 is 9.18 Å². The zero-order valence-electron chi connectivity index (χ0n) is 12.9. The summed E-state index contributed by atoms with van der Waals surface area (Å²) < 4.78 is 15.5. The highest BCUT2D eigenvalue weighted by molar-refractivity contribution is 8.00. The van der Waals surface area contributed by atoms with E-state index in [1.165, 1.54) is 6.07 Å². The van der Waals surface area contributed by atoms with Gasteiger partial charge in [0.2, 0.25) is 0 Å². The van der Waals surface area contributed by atoms with Crippen LogP contribution >= 0.6 is 11.8 Å². The van der Waals surface area contributed by atoms with E-state index in [0.717, 1.165) is 12.8 Å². The second-order valence-electron chi connectivity index (χ2n) is 5.66. The van der Waals surface area contributed by atoms with Gasteiger partial charge in [0, 0.05) is 22.9 Å². The summed E-state index contributed by atoms with van der Waals surface area (Å²) >= 11 is 1.79. The van der Waals surface area contributed by atoms with E-state index in [1.807, 2.05) is 0 Å². The van der Waals surface area contributed by atoms with E-state index in [0.29, 0.717) is 17.9 Å². The van der Waals surface area contributed by atoms with Crippen LogP contribution in [0.3, 0.4) is 0 Å². The number of hydrogen-bond acceptors (Lipinski definition) is 3. The normalized spacial score (nSPS) is 15.2. The highest BCUT2D eigenvalue weighted by Crippen LogP contribution is 2.46. The number of halogens is 1. The van der Waals surface area contributed by atoms with E-state index < -0.39 is 0 Å². The third-order valence-corrected chi connectivity index (χ3v) is 5.47. The van der Waals surface area contributed by atoms with Gasteiger partial charge in [-0.25, -0.2) is 13.9 Å². The number of amides is 2. The van der Waals surface area contributed by atoms with Gasteiger partial charge in [-0.05, 0) is 25.2 Å². The van der Waals surface area contributed by atoms with Crippen LogP contribution in [-0.4, -0.2) is 33.4 Å². The lowest BCUT2D eigenvalue weighted by molar-refractivity contribution is 0.251. The molecule has 2 N–H and O–H groups in total. The van der Waals surface area contributed by atoms with Gasteiger partial charge in [0.1, 0.15) is 11.6 Å². The lowest BCUT2D eigenvalue weighted by Crippen LogP contribution is -2.35. The molecule has 1 saturated carbocycles. The molecule has 1 aliphatic rings. The molecular weight excluding hydrogens is 315 g/mol. The zero-order valence-corrected chi connectivity index (χ0v) is 13.7. The minimum atomic E-state index is -0.283. The average molecular weight is 334 g/mol. The predicted octanol–water partition coefficient (Wildman–Crippen LogP) is 3.09. The number of benzene rings is 1. The molecule has 2 aromatic rings. The zero-order chi connectivity index (χ0) is 16.3. The highest BCUT2D eigenvalue weighted by atomic mass is 32.2. The maximum atomic E-state index is 13.7. The Morgan fingerprint density at radius 1 is 1.39 bits per heavy atom. The molecule has 1 aromatic heterocycles. The SMILES string of the molecule is CSC1(CNC(=O)Nc2ccnn2Cc2ccccc2F)CC1. The predicted molar refractivity (Wildman–Crippen MR) is 90.2 cm³/mol. The maximum absolute atomic E-state index is 13.7. The molecule has 0 radical (unpaired) electrons. The quantitative estimate of drug-likeness (QED) is 0.853. The summed E-state index contributed by atoms with van der Waals surface area (Å²) in [6.07, 6.45) is 5.93. The fourth-order valence-electron chi connectivity index (χ4n) is 2.35. The molecule has 23 heavy (non-hydrogen) atoms. The van der Waals surface area contributed by atoms with E-state index >= 15 is 0 Å². The Balaban J connectivity index is 1.60. The molecular formula is C16H19FN4OS. The number of carbonyl (C=O) groups excluding carboxylic acids is 1. The Bertz CT molecular complexity index is 699. The summed E-state index contributed by atoms with van der Waals surface area (Å²) in [6, 6.07) is 7.97. The van der Waals surface area contributed by atoms with Crippen LogP contribution in [-0.2, 0) is 6.54 Å². The van der Waals surface area contributed by atoms with Gasteiger partial charge in [-0.2, -0.15) is 16.9 Å². The number of rotatable bonds is 6. The van der Waals surface area contributed by atoms with Crippen molar-refractivity contribution >= 4 is 23.6 Å². The first-order valence-electron chi connectivity index (χ1n) is 7.47. The molecule has 0 unspecified atom stereocenters. The molecule has 0 atom stereocenters. The van der Waals surface area contributed by atoms with Crippen LogP contribution in [0.2, 0.25) is 0 Å². The van der Waals surface area contributed by atoms with E-state index in [4.69, 9.17) is 0 Å². The third kappa shape index (κ3) is 3.85. The van der Waals surface area contributed by atoms with Gasteiger partial charge in [-0.3, -0.25) is 5.32 Å². The first-order valence-corrected chi connectivity index (χ1v) is 8.70. The van der Waals surface area contributed by atoms with Crippen LogP contribution in [0.5, 0.6) is 0 Å². The fourth-order valence-corrected chi connectivity index (χ4v) is 3.07. The number of aromatic nitrogens is 2. The van der Waals surface area contributed by atoms with Gasteiger partial charge in [0.15, 0.2) is 0 Å². The fraction of sp³-hybridized carbons (Fsp3) is 0.375. The minimum absolute atomic E-state index is 0.213. The number of nitrogens with one attached hydrogen (secondary N) is 2. The monoisotopic (exact) mass is 334 g/mol. The largest absolute Gasteiger partial charge is 0.336 e. The lowest BCUT2D eigenvalue weighted by atomic mass is 10.2. The number of carbonyl (C=O) groups is 1. The van der Waals surface area contributed by atoms with Crippen molar-refractivity contribution in [3.63, 3.8) is 0 Å². The van der Waals surface area contributed by atoms with Crippen LogP contribution in [0.25, 0.3) is 0 Å². The minimum Gasteiger partial charge on any atom is -0.336 e.